The van der Waals surface area contributed by atoms with E-state index in [2.05, 4.69) is 15.6 Å². The lowest BCUT2D eigenvalue weighted by molar-refractivity contribution is -0.123. The highest BCUT2D eigenvalue weighted by atomic mass is 16.2. The maximum atomic E-state index is 11.5. The van der Waals surface area contributed by atoms with Crippen molar-refractivity contribution in [2.45, 2.75) is 25.9 Å². The number of aromatic nitrogens is 2. The molecule has 0 saturated heterocycles. The summed E-state index contributed by atoms with van der Waals surface area (Å²) in [7, 11) is 1.66. The summed E-state index contributed by atoms with van der Waals surface area (Å²) in [5, 5.41) is 5.92. The van der Waals surface area contributed by atoms with Gasteiger partial charge in [0.05, 0.1) is 12.0 Å². The molecule has 5 nitrogen and oxygen atoms in total. The molecule has 0 radical (unpaired) electrons. The fraction of sp³-hybridized carbons (Fsp3) is 0.600. The number of likely N-dealkylation sites (N-methyl/N-ethyl adjacent to an activating group) is 1. The number of hydrogen-bond donors (Lipinski definition) is 2. The first-order chi connectivity index (χ1) is 7.24. The van der Waals surface area contributed by atoms with Crippen LogP contribution in [0.5, 0.6) is 0 Å². The van der Waals surface area contributed by atoms with Crippen LogP contribution in [-0.4, -0.2) is 29.1 Å². The standard InChI is InChI=1S/C10H16N4O/c1-7(10(15)11-2)14-6-13-8-5-12-4-3-9(8)14/h6-7,12H,3-5H2,1-2H3,(H,11,15). The lowest BCUT2D eigenvalue weighted by atomic mass is 10.1. The van der Waals surface area contributed by atoms with Crippen molar-refractivity contribution in [3.63, 3.8) is 0 Å². The minimum absolute atomic E-state index is 0.0220. The van der Waals surface area contributed by atoms with Crippen molar-refractivity contribution in [1.82, 2.24) is 20.2 Å². The minimum Gasteiger partial charge on any atom is -0.357 e. The third kappa shape index (κ3) is 1.74. The van der Waals surface area contributed by atoms with Crippen molar-refractivity contribution in [2.24, 2.45) is 0 Å². The van der Waals surface area contributed by atoms with Crippen molar-refractivity contribution < 1.29 is 4.79 Å². The highest BCUT2D eigenvalue weighted by Crippen LogP contribution is 2.17. The molecule has 0 aromatic carbocycles. The number of imidazole rings is 1. The Balaban J connectivity index is 2.28. The van der Waals surface area contributed by atoms with Gasteiger partial charge in [0.25, 0.3) is 0 Å². The number of hydrogen-bond acceptors (Lipinski definition) is 3. The summed E-state index contributed by atoms with van der Waals surface area (Å²) in [5.74, 6) is 0.0220. The average molecular weight is 208 g/mol. The third-order valence-electron chi connectivity index (χ3n) is 2.86. The van der Waals surface area contributed by atoms with Crippen molar-refractivity contribution >= 4 is 5.91 Å². The average Bonchev–Trinajstić information content (AvgIpc) is 2.70. The van der Waals surface area contributed by atoms with Gasteiger partial charge in [-0.3, -0.25) is 4.79 Å². The second-order valence-electron chi connectivity index (χ2n) is 3.76. The number of carbonyl (C=O) groups excluding carboxylic acids is 1. The Morgan fingerprint density at radius 1 is 1.73 bits per heavy atom. The molecule has 1 unspecified atom stereocenters. The number of nitrogens with zero attached hydrogens (tertiary/aromatic N) is 2. The molecule has 1 atom stereocenters. The summed E-state index contributed by atoms with van der Waals surface area (Å²) in [6.07, 6.45) is 2.70. The summed E-state index contributed by atoms with van der Waals surface area (Å²) >= 11 is 0. The SMILES string of the molecule is CNC(=O)C(C)n1cnc2c1CCNC2. The molecule has 0 bridgehead atoms. The molecule has 1 amide bonds. The Morgan fingerprint density at radius 3 is 3.27 bits per heavy atom. The van der Waals surface area contributed by atoms with E-state index in [9.17, 15) is 4.79 Å². The van der Waals surface area contributed by atoms with Crippen LogP contribution in [0.3, 0.4) is 0 Å². The van der Waals surface area contributed by atoms with Gasteiger partial charge in [0.2, 0.25) is 5.91 Å². The molecule has 1 aliphatic heterocycles. The molecular weight excluding hydrogens is 192 g/mol. The summed E-state index contributed by atoms with van der Waals surface area (Å²) in [5.41, 5.74) is 2.25. The predicted octanol–water partition coefficient (Wildman–Crippen LogP) is -0.164. The van der Waals surface area contributed by atoms with Crippen LogP contribution >= 0.6 is 0 Å². The van der Waals surface area contributed by atoms with Gasteiger partial charge in [0.15, 0.2) is 0 Å². The second-order valence-corrected chi connectivity index (χ2v) is 3.76. The van der Waals surface area contributed by atoms with Gasteiger partial charge in [0, 0.05) is 32.3 Å². The molecule has 82 valence electrons. The molecule has 1 aromatic rings. The highest BCUT2D eigenvalue weighted by Gasteiger charge is 2.21. The van der Waals surface area contributed by atoms with Gasteiger partial charge in [0.1, 0.15) is 6.04 Å². The quantitative estimate of drug-likeness (QED) is 0.709. The molecule has 0 fully saturated rings. The van der Waals surface area contributed by atoms with E-state index in [0.29, 0.717) is 0 Å². The number of amides is 1. The molecule has 2 N–H and O–H groups in total. The lowest BCUT2D eigenvalue weighted by Gasteiger charge is -2.18. The van der Waals surface area contributed by atoms with Crippen LogP contribution in [0.15, 0.2) is 6.33 Å². The fourth-order valence-corrected chi connectivity index (χ4v) is 1.93. The third-order valence-corrected chi connectivity index (χ3v) is 2.86. The van der Waals surface area contributed by atoms with E-state index in [-0.39, 0.29) is 11.9 Å². The van der Waals surface area contributed by atoms with Gasteiger partial charge < -0.3 is 15.2 Å². The maximum absolute atomic E-state index is 11.5. The monoisotopic (exact) mass is 208 g/mol. The number of nitrogens with one attached hydrogen (secondary N) is 2. The zero-order valence-electron chi connectivity index (χ0n) is 9.08. The van der Waals surface area contributed by atoms with Crippen molar-refractivity contribution in [1.29, 1.82) is 0 Å². The van der Waals surface area contributed by atoms with Crippen LogP contribution in [0.1, 0.15) is 24.4 Å². The molecule has 0 saturated carbocycles. The molecule has 15 heavy (non-hydrogen) atoms. The Morgan fingerprint density at radius 2 is 2.53 bits per heavy atom. The second kappa shape index (κ2) is 4.02. The topological polar surface area (TPSA) is 59.0 Å². The van der Waals surface area contributed by atoms with Crippen LogP contribution in [0.2, 0.25) is 0 Å². The van der Waals surface area contributed by atoms with Crippen molar-refractivity contribution in [3.8, 4) is 0 Å². The molecule has 2 heterocycles. The largest absolute Gasteiger partial charge is 0.357 e. The summed E-state index contributed by atoms with van der Waals surface area (Å²) in [6, 6.07) is -0.177. The summed E-state index contributed by atoms with van der Waals surface area (Å²) in [4.78, 5) is 15.8. The van der Waals surface area contributed by atoms with Crippen LogP contribution in [-0.2, 0) is 17.8 Å². The summed E-state index contributed by atoms with van der Waals surface area (Å²) in [6.45, 7) is 3.66. The zero-order valence-corrected chi connectivity index (χ0v) is 9.08. The van der Waals surface area contributed by atoms with Gasteiger partial charge in [-0.25, -0.2) is 4.98 Å². The normalized spacial score (nSPS) is 16.9. The van der Waals surface area contributed by atoms with Crippen LogP contribution in [0.4, 0.5) is 0 Å². The molecule has 0 spiro atoms. The first-order valence-electron chi connectivity index (χ1n) is 5.21. The number of carbonyl (C=O) groups is 1. The Bertz CT molecular complexity index is 371. The molecule has 0 aliphatic carbocycles. The van der Waals surface area contributed by atoms with Crippen molar-refractivity contribution in [3.05, 3.63) is 17.7 Å². The van der Waals surface area contributed by atoms with E-state index in [1.165, 1.54) is 5.69 Å². The van der Waals surface area contributed by atoms with Gasteiger partial charge >= 0.3 is 0 Å². The van der Waals surface area contributed by atoms with Crippen LogP contribution in [0, 0.1) is 0 Å². The number of rotatable bonds is 2. The molecule has 1 aliphatic rings. The summed E-state index contributed by atoms with van der Waals surface area (Å²) < 4.78 is 1.97. The van der Waals surface area contributed by atoms with Crippen molar-refractivity contribution in [2.75, 3.05) is 13.6 Å². The van der Waals surface area contributed by atoms with Gasteiger partial charge in [-0.05, 0) is 6.92 Å². The van der Waals surface area contributed by atoms with E-state index in [4.69, 9.17) is 0 Å². The van der Waals surface area contributed by atoms with E-state index >= 15 is 0 Å². The maximum Gasteiger partial charge on any atom is 0.242 e. The fourth-order valence-electron chi connectivity index (χ4n) is 1.93. The Kier molecular flexibility index (Phi) is 2.73. The predicted molar refractivity (Wildman–Crippen MR) is 56.4 cm³/mol. The lowest BCUT2D eigenvalue weighted by Crippen LogP contribution is -2.31. The molecule has 5 heteroatoms. The molecule has 1 aromatic heterocycles. The Labute approximate surface area is 88.9 Å². The van der Waals surface area contributed by atoms with Gasteiger partial charge in [-0.2, -0.15) is 0 Å². The van der Waals surface area contributed by atoms with Gasteiger partial charge in [-0.1, -0.05) is 0 Å². The van der Waals surface area contributed by atoms with Gasteiger partial charge in [-0.15, -0.1) is 0 Å². The van der Waals surface area contributed by atoms with E-state index in [0.717, 1.165) is 25.2 Å². The molecule has 2 rings (SSSR count). The van der Waals surface area contributed by atoms with Crippen LogP contribution < -0.4 is 10.6 Å². The van der Waals surface area contributed by atoms with E-state index < -0.39 is 0 Å². The first kappa shape index (κ1) is 10.2. The highest BCUT2D eigenvalue weighted by molar-refractivity contribution is 5.79. The van der Waals surface area contributed by atoms with E-state index in [1.807, 2.05) is 11.5 Å². The first-order valence-corrected chi connectivity index (χ1v) is 5.21. The molecular formula is C10H16N4O. The Hall–Kier alpha value is -1.36. The minimum atomic E-state index is -0.177. The van der Waals surface area contributed by atoms with Crippen LogP contribution in [0.25, 0.3) is 0 Å². The smallest absolute Gasteiger partial charge is 0.242 e. The van der Waals surface area contributed by atoms with E-state index in [1.54, 1.807) is 13.4 Å². The number of fused-ring (bicyclic) bond motifs is 1. The zero-order chi connectivity index (χ0) is 10.8.